The van der Waals surface area contributed by atoms with Crippen molar-refractivity contribution in [1.82, 2.24) is 9.88 Å². The van der Waals surface area contributed by atoms with E-state index in [9.17, 15) is 4.79 Å². The van der Waals surface area contributed by atoms with E-state index in [0.717, 1.165) is 13.0 Å². The van der Waals surface area contributed by atoms with Crippen molar-refractivity contribution in [2.75, 3.05) is 25.5 Å². The summed E-state index contributed by atoms with van der Waals surface area (Å²) in [6, 6.07) is 2.14. The molecule has 0 radical (unpaired) electrons. The zero-order valence-electron chi connectivity index (χ0n) is 11.1. The molecule has 1 fully saturated rings. The van der Waals surface area contributed by atoms with E-state index in [1.807, 2.05) is 0 Å². The Kier molecular flexibility index (Phi) is 4.61. The Morgan fingerprint density at radius 3 is 3.11 bits per heavy atom. The van der Waals surface area contributed by atoms with Gasteiger partial charge in [0.15, 0.2) is 5.15 Å². The van der Waals surface area contributed by atoms with Gasteiger partial charge in [-0.2, -0.15) is 0 Å². The molecule has 19 heavy (non-hydrogen) atoms. The Hall–Kier alpha value is -1.33. The number of hydrogen-bond donors (Lipinski definition) is 1. The van der Waals surface area contributed by atoms with Crippen LogP contribution in [0, 0.1) is 0 Å². The highest BCUT2D eigenvalue weighted by Crippen LogP contribution is 2.25. The van der Waals surface area contributed by atoms with E-state index in [1.165, 1.54) is 13.3 Å². The number of anilines is 1. The first-order valence-electron chi connectivity index (χ1n) is 6.32. The number of carbonyl (C=O) groups excluding carboxylic acids is 1. The van der Waals surface area contributed by atoms with Gasteiger partial charge in [-0.15, -0.1) is 0 Å². The second kappa shape index (κ2) is 6.21. The fourth-order valence-corrected chi connectivity index (χ4v) is 2.32. The number of carbonyl (C=O) groups is 1. The summed E-state index contributed by atoms with van der Waals surface area (Å²) in [6.45, 7) is 3.17. The Labute approximate surface area is 117 Å². The van der Waals surface area contributed by atoms with E-state index in [1.54, 1.807) is 12.3 Å². The van der Waals surface area contributed by atoms with Crippen LogP contribution in [0.1, 0.15) is 19.8 Å². The van der Waals surface area contributed by atoms with Crippen LogP contribution in [-0.2, 0) is 4.79 Å². The number of nitrogens with one attached hydrogen (secondary N) is 1. The number of likely N-dealkylation sites (tertiary alicyclic amines) is 1. The normalized spacial score (nSPS) is 19.4. The Bertz CT molecular complexity index is 467. The highest BCUT2D eigenvalue weighted by Gasteiger charge is 2.21. The summed E-state index contributed by atoms with van der Waals surface area (Å²) < 4.78 is 5.72. The molecule has 0 saturated carbocycles. The number of nitrogens with zero attached hydrogens (tertiary/aromatic N) is 2. The van der Waals surface area contributed by atoms with Gasteiger partial charge in [-0.05, 0) is 26.4 Å². The van der Waals surface area contributed by atoms with Crippen molar-refractivity contribution in [3.63, 3.8) is 0 Å². The zero-order valence-corrected chi connectivity index (χ0v) is 11.9. The minimum Gasteiger partial charge on any atom is -0.490 e. The lowest BCUT2D eigenvalue weighted by Crippen LogP contribution is -2.30. The zero-order chi connectivity index (χ0) is 13.8. The monoisotopic (exact) mass is 283 g/mol. The number of rotatable bonds is 4. The van der Waals surface area contributed by atoms with Gasteiger partial charge in [-0.3, -0.25) is 4.79 Å². The number of halogens is 1. The molecule has 5 nitrogen and oxygen atoms in total. The van der Waals surface area contributed by atoms with Crippen molar-refractivity contribution in [2.45, 2.75) is 25.8 Å². The van der Waals surface area contributed by atoms with Crippen LogP contribution < -0.4 is 10.1 Å². The quantitative estimate of drug-likeness (QED) is 0.861. The molecular formula is C13H18ClN3O2. The first-order chi connectivity index (χ1) is 9.06. The maximum absolute atomic E-state index is 11.0. The second-order valence-electron chi connectivity index (χ2n) is 4.78. The highest BCUT2D eigenvalue weighted by molar-refractivity contribution is 6.32. The molecule has 1 amide bonds. The van der Waals surface area contributed by atoms with Crippen LogP contribution >= 0.6 is 11.6 Å². The molecule has 1 saturated heterocycles. The standard InChI is InChI=1S/C13H18ClN3O2/c1-9(18)16-12-6-11(7-15-13(12)14)19-8-10-4-3-5-17(10)2/h6-7,10H,3-5,8H2,1-2H3,(H,16,18)/t10-/m1/s1. The molecule has 2 rings (SSSR count). The van der Waals surface area contributed by atoms with Crippen LogP contribution in [-0.4, -0.2) is 42.0 Å². The molecule has 1 aliphatic heterocycles. The SMILES string of the molecule is CC(=O)Nc1cc(OC[C@H]2CCCN2C)cnc1Cl. The van der Waals surface area contributed by atoms with Crippen LogP contribution in [0.3, 0.4) is 0 Å². The van der Waals surface area contributed by atoms with Crippen LogP contribution in [0.4, 0.5) is 5.69 Å². The van der Waals surface area contributed by atoms with Gasteiger partial charge in [0.05, 0.1) is 11.9 Å². The molecular weight excluding hydrogens is 266 g/mol. The smallest absolute Gasteiger partial charge is 0.221 e. The molecule has 1 aromatic rings. The topological polar surface area (TPSA) is 54.5 Å². The third-order valence-electron chi connectivity index (χ3n) is 3.24. The molecule has 1 aromatic heterocycles. The Morgan fingerprint density at radius 1 is 1.68 bits per heavy atom. The van der Waals surface area contributed by atoms with E-state index in [0.29, 0.717) is 24.1 Å². The predicted octanol–water partition coefficient (Wildman–Crippen LogP) is 2.17. The number of pyridine rings is 1. The molecule has 104 valence electrons. The molecule has 0 bridgehead atoms. The number of likely N-dealkylation sites (N-methyl/N-ethyl adjacent to an activating group) is 1. The number of amides is 1. The van der Waals surface area contributed by atoms with Gasteiger partial charge in [0.25, 0.3) is 0 Å². The number of ether oxygens (including phenoxy) is 1. The van der Waals surface area contributed by atoms with E-state index in [2.05, 4.69) is 22.2 Å². The average Bonchev–Trinajstić information content (AvgIpc) is 2.75. The highest BCUT2D eigenvalue weighted by atomic mass is 35.5. The summed E-state index contributed by atoms with van der Waals surface area (Å²) >= 11 is 5.90. The molecule has 1 N–H and O–H groups in total. The van der Waals surface area contributed by atoms with Gasteiger partial charge in [0.1, 0.15) is 12.4 Å². The van der Waals surface area contributed by atoms with Crippen LogP contribution in [0.15, 0.2) is 12.3 Å². The molecule has 0 spiro atoms. The van der Waals surface area contributed by atoms with Crippen molar-refractivity contribution in [3.05, 3.63) is 17.4 Å². The van der Waals surface area contributed by atoms with E-state index >= 15 is 0 Å². The molecule has 1 aliphatic rings. The van der Waals surface area contributed by atoms with Crippen molar-refractivity contribution >= 4 is 23.2 Å². The molecule has 1 atom stereocenters. The lowest BCUT2D eigenvalue weighted by Gasteiger charge is -2.19. The van der Waals surface area contributed by atoms with Gasteiger partial charge in [-0.1, -0.05) is 11.6 Å². The summed E-state index contributed by atoms with van der Waals surface area (Å²) in [5.41, 5.74) is 0.478. The first kappa shape index (κ1) is 14.1. The minimum atomic E-state index is -0.184. The molecule has 0 aromatic carbocycles. The van der Waals surface area contributed by atoms with Crippen molar-refractivity contribution in [1.29, 1.82) is 0 Å². The first-order valence-corrected chi connectivity index (χ1v) is 6.70. The van der Waals surface area contributed by atoms with Crippen LogP contribution in [0.25, 0.3) is 0 Å². The Balaban J connectivity index is 1.98. The molecule has 0 aliphatic carbocycles. The minimum absolute atomic E-state index is 0.184. The fraction of sp³-hybridized carbons (Fsp3) is 0.538. The predicted molar refractivity (Wildman–Crippen MR) is 74.7 cm³/mol. The van der Waals surface area contributed by atoms with Crippen molar-refractivity contribution < 1.29 is 9.53 Å². The van der Waals surface area contributed by atoms with Crippen molar-refractivity contribution in [3.8, 4) is 5.75 Å². The van der Waals surface area contributed by atoms with Crippen LogP contribution in [0.5, 0.6) is 5.75 Å². The van der Waals surface area contributed by atoms with Gasteiger partial charge in [-0.25, -0.2) is 4.98 Å². The summed E-state index contributed by atoms with van der Waals surface area (Å²) in [7, 11) is 2.10. The summed E-state index contributed by atoms with van der Waals surface area (Å²) in [5, 5.41) is 2.89. The summed E-state index contributed by atoms with van der Waals surface area (Å²) in [5.74, 6) is 0.435. The molecule has 0 unspecified atom stereocenters. The van der Waals surface area contributed by atoms with E-state index in [-0.39, 0.29) is 11.1 Å². The lowest BCUT2D eigenvalue weighted by atomic mass is 10.2. The maximum atomic E-state index is 11.0. The largest absolute Gasteiger partial charge is 0.490 e. The van der Waals surface area contributed by atoms with E-state index in [4.69, 9.17) is 16.3 Å². The van der Waals surface area contributed by atoms with Gasteiger partial charge < -0.3 is 15.0 Å². The molecule has 6 heteroatoms. The molecule has 2 heterocycles. The third kappa shape index (κ3) is 3.81. The second-order valence-corrected chi connectivity index (χ2v) is 5.14. The Morgan fingerprint density at radius 2 is 2.47 bits per heavy atom. The lowest BCUT2D eigenvalue weighted by molar-refractivity contribution is -0.114. The maximum Gasteiger partial charge on any atom is 0.221 e. The van der Waals surface area contributed by atoms with Gasteiger partial charge >= 0.3 is 0 Å². The van der Waals surface area contributed by atoms with Crippen LogP contribution in [0.2, 0.25) is 5.15 Å². The van der Waals surface area contributed by atoms with Gasteiger partial charge in [0.2, 0.25) is 5.91 Å². The summed E-state index contributed by atoms with van der Waals surface area (Å²) in [6.07, 6.45) is 3.93. The average molecular weight is 284 g/mol. The fourth-order valence-electron chi connectivity index (χ4n) is 2.17. The van der Waals surface area contributed by atoms with Gasteiger partial charge in [0, 0.05) is 19.0 Å². The van der Waals surface area contributed by atoms with E-state index < -0.39 is 0 Å². The van der Waals surface area contributed by atoms with Crippen molar-refractivity contribution in [2.24, 2.45) is 0 Å². The number of aromatic nitrogens is 1. The summed E-state index contributed by atoms with van der Waals surface area (Å²) in [4.78, 5) is 17.3. The number of hydrogen-bond acceptors (Lipinski definition) is 4. The third-order valence-corrected chi connectivity index (χ3v) is 3.54.